The minimum atomic E-state index is -5.14. The second kappa shape index (κ2) is 9.02. The Morgan fingerprint density at radius 3 is 2.06 bits per heavy atom. The van der Waals surface area contributed by atoms with Crippen molar-refractivity contribution in [3.8, 4) is 5.75 Å². The summed E-state index contributed by atoms with van der Waals surface area (Å²) in [5, 5.41) is 18.8. The standard InChI is InChI=1S/C20H14N2O7S2.Ca/c23-17-11-8-12-4-1-2-5-13(12)19(17)22-21-16-10-9-14-15(20(16)31(27,28)29)6-3-7-18(14)30(24,25)26;/h1-11,23H,(H,24,25,26)(H,27,28,29);/q;+2/p-2. The van der Waals surface area contributed by atoms with E-state index in [1.807, 2.05) is 0 Å². The number of azo groups is 1. The number of hydrogen-bond acceptors (Lipinski definition) is 9. The predicted molar refractivity (Wildman–Crippen MR) is 115 cm³/mol. The van der Waals surface area contributed by atoms with Crippen LogP contribution in [0.25, 0.3) is 21.5 Å². The number of phenols is 1. The van der Waals surface area contributed by atoms with Crippen molar-refractivity contribution in [2.24, 2.45) is 10.2 Å². The average molecular weight is 497 g/mol. The number of rotatable bonds is 4. The van der Waals surface area contributed by atoms with Crippen LogP contribution >= 0.6 is 0 Å². The number of fused-ring (bicyclic) bond motifs is 2. The summed E-state index contributed by atoms with van der Waals surface area (Å²) in [6.07, 6.45) is 0. The number of phenolic OH excluding ortho intramolecular Hbond substituents is 1. The van der Waals surface area contributed by atoms with Gasteiger partial charge >= 0.3 is 37.7 Å². The van der Waals surface area contributed by atoms with Crippen LogP contribution in [-0.2, 0) is 20.2 Å². The third-order valence-corrected chi connectivity index (χ3v) is 6.43. The Morgan fingerprint density at radius 2 is 1.38 bits per heavy atom. The molecule has 4 aromatic carbocycles. The summed E-state index contributed by atoms with van der Waals surface area (Å²) >= 11 is 0. The molecule has 0 aliphatic heterocycles. The number of nitrogens with zero attached hydrogens (tertiary/aromatic N) is 2. The second-order valence-corrected chi connectivity index (χ2v) is 9.19. The number of benzene rings is 4. The number of aromatic hydroxyl groups is 1. The first-order chi connectivity index (χ1) is 14.6. The molecule has 32 heavy (non-hydrogen) atoms. The molecule has 0 saturated carbocycles. The molecule has 1 N–H and O–H groups in total. The van der Waals surface area contributed by atoms with Gasteiger partial charge in [0.05, 0.1) is 9.79 Å². The van der Waals surface area contributed by atoms with Crippen molar-refractivity contribution in [3.05, 3.63) is 66.7 Å². The average Bonchev–Trinajstić information content (AvgIpc) is 2.70. The van der Waals surface area contributed by atoms with Crippen LogP contribution in [0.15, 0.2) is 86.7 Å². The van der Waals surface area contributed by atoms with Gasteiger partial charge in [-0.1, -0.05) is 48.5 Å². The molecule has 0 saturated heterocycles. The third kappa shape index (κ3) is 4.64. The topological polar surface area (TPSA) is 159 Å². The van der Waals surface area contributed by atoms with Crippen molar-refractivity contribution >= 4 is 90.9 Å². The zero-order chi connectivity index (χ0) is 22.4. The minimum Gasteiger partial charge on any atom is -0.744 e. The maximum Gasteiger partial charge on any atom is 2.00 e. The fourth-order valence-corrected chi connectivity index (χ4v) is 4.81. The van der Waals surface area contributed by atoms with E-state index in [0.717, 1.165) is 23.6 Å². The molecule has 0 radical (unpaired) electrons. The van der Waals surface area contributed by atoms with Crippen molar-refractivity contribution in [1.29, 1.82) is 0 Å². The molecule has 0 unspecified atom stereocenters. The first kappa shape index (κ1) is 24.5. The van der Waals surface area contributed by atoms with E-state index in [9.17, 15) is 31.0 Å². The van der Waals surface area contributed by atoms with Crippen LogP contribution in [0.3, 0.4) is 0 Å². The summed E-state index contributed by atoms with van der Waals surface area (Å²) in [7, 11) is -10.1. The first-order valence-electron chi connectivity index (χ1n) is 8.67. The summed E-state index contributed by atoms with van der Waals surface area (Å²) < 4.78 is 70.5. The van der Waals surface area contributed by atoms with Crippen molar-refractivity contribution in [2.75, 3.05) is 0 Å². The van der Waals surface area contributed by atoms with Crippen LogP contribution in [0, 0.1) is 0 Å². The fraction of sp³-hybridized carbons (Fsp3) is 0. The van der Waals surface area contributed by atoms with Gasteiger partial charge in [0.2, 0.25) is 0 Å². The molecule has 158 valence electrons. The van der Waals surface area contributed by atoms with Gasteiger partial charge < -0.3 is 14.2 Å². The molecule has 0 spiro atoms. The van der Waals surface area contributed by atoms with Crippen LogP contribution in [0.4, 0.5) is 11.4 Å². The van der Waals surface area contributed by atoms with E-state index in [1.165, 1.54) is 18.2 Å². The zero-order valence-corrected chi connectivity index (χ0v) is 20.0. The number of hydrogen-bond donors (Lipinski definition) is 1. The van der Waals surface area contributed by atoms with E-state index in [-0.39, 0.29) is 65.6 Å². The van der Waals surface area contributed by atoms with Gasteiger partial charge in [0.25, 0.3) is 0 Å². The van der Waals surface area contributed by atoms with Gasteiger partial charge in [-0.3, -0.25) is 0 Å². The smallest absolute Gasteiger partial charge is 0.744 e. The van der Waals surface area contributed by atoms with Crippen LogP contribution < -0.4 is 0 Å². The summed E-state index contributed by atoms with van der Waals surface area (Å²) in [4.78, 5) is -1.48. The molecule has 12 heteroatoms. The molecule has 0 heterocycles. The monoisotopic (exact) mass is 496 g/mol. The second-order valence-electron chi connectivity index (χ2n) is 6.53. The Kier molecular flexibility index (Phi) is 6.91. The van der Waals surface area contributed by atoms with Gasteiger partial charge in [-0.05, 0) is 23.6 Å². The molecule has 4 rings (SSSR count). The van der Waals surface area contributed by atoms with Crippen molar-refractivity contribution in [1.82, 2.24) is 0 Å². The Balaban J connectivity index is 0.00000289. The molecule has 0 bridgehead atoms. The quantitative estimate of drug-likeness (QED) is 0.257. The summed E-state index contributed by atoms with van der Waals surface area (Å²) in [6, 6.07) is 15.6. The van der Waals surface area contributed by atoms with E-state index in [0.29, 0.717) is 5.39 Å². The first-order valence-corrected chi connectivity index (χ1v) is 11.5. The molecule has 9 nitrogen and oxygen atoms in total. The molecule has 0 amide bonds. The SMILES string of the molecule is O=S(=O)([O-])c1cccc2c(S(=O)(=O)[O-])c(N=Nc3c(O)ccc4ccccc34)ccc12.[Ca+2]. The van der Waals surface area contributed by atoms with E-state index in [1.54, 1.807) is 30.3 Å². The van der Waals surface area contributed by atoms with Crippen LogP contribution in [0.1, 0.15) is 0 Å². The van der Waals surface area contributed by atoms with E-state index in [4.69, 9.17) is 0 Å². The van der Waals surface area contributed by atoms with Crippen molar-refractivity contribution in [3.63, 3.8) is 0 Å². The van der Waals surface area contributed by atoms with Gasteiger partial charge in [-0.15, -0.1) is 10.2 Å². The Hall–Kier alpha value is -2.12. The normalized spacial score (nSPS) is 12.3. The molecule has 0 aliphatic carbocycles. The molecule has 0 aromatic heterocycles. The van der Waals surface area contributed by atoms with E-state index in [2.05, 4.69) is 10.2 Å². The van der Waals surface area contributed by atoms with Gasteiger partial charge in [0.15, 0.2) is 0 Å². The molecule has 0 atom stereocenters. The van der Waals surface area contributed by atoms with Crippen molar-refractivity contribution in [2.45, 2.75) is 9.79 Å². The molecule has 0 aliphatic rings. The van der Waals surface area contributed by atoms with E-state index < -0.39 is 30.0 Å². The minimum absolute atomic E-state index is 0. The maximum atomic E-state index is 12.0. The molecule has 0 fully saturated rings. The van der Waals surface area contributed by atoms with Gasteiger partial charge in [-0.2, -0.15) is 0 Å². The fourth-order valence-electron chi connectivity index (χ4n) is 3.30. The van der Waals surface area contributed by atoms with E-state index >= 15 is 0 Å². The predicted octanol–water partition coefficient (Wildman–Crippen LogP) is 3.54. The Bertz CT molecular complexity index is 1600. The maximum absolute atomic E-state index is 12.0. The molecule has 4 aromatic rings. The van der Waals surface area contributed by atoms with Crippen LogP contribution in [0.5, 0.6) is 5.75 Å². The van der Waals surface area contributed by atoms with Crippen LogP contribution in [0.2, 0.25) is 0 Å². The zero-order valence-electron chi connectivity index (χ0n) is 16.2. The van der Waals surface area contributed by atoms with Crippen LogP contribution in [-0.4, -0.2) is 68.8 Å². The molecular weight excluding hydrogens is 484 g/mol. The Labute approximate surface area is 212 Å². The largest absolute Gasteiger partial charge is 2.00 e. The third-order valence-electron chi connectivity index (χ3n) is 4.61. The summed E-state index contributed by atoms with van der Waals surface area (Å²) in [5.41, 5.74) is -0.307. The van der Waals surface area contributed by atoms with Gasteiger partial charge in [-0.25, -0.2) is 16.8 Å². The van der Waals surface area contributed by atoms with Crippen molar-refractivity contribution < 1.29 is 31.0 Å². The Morgan fingerprint density at radius 1 is 0.688 bits per heavy atom. The van der Waals surface area contributed by atoms with Gasteiger partial charge in [0.1, 0.15) is 37.4 Å². The summed E-state index contributed by atoms with van der Waals surface area (Å²) in [5.74, 6) is -0.213. The molecular formula is C20H12CaN2O7S2. The summed E-state index contributed by atoms with van der Waals surface area (Å²) in [6.45, 7) is 0. The van der Waals surface area contributed by atoms with Gasteiger partial charge in [0, 0.05) is 16.2 Å².